The van der Waals surface area contributed by atoms with E-state index in [4.69, 9.17) is 14.6 Å². The van der Waals surface area contributed by atoms with E-state index >= 15 is 0 Å². The molecule has 0 amide bonds. The highest BCUT2D eigenvalue weighted by atomic mass is 32.2. The molecule has 0 saturated heterocycles. The first-order valence-corrected chi connectivity index (χ1v) is 10.7. The number of benzene rings is 2. The molecule has 3 aromatic rings. The van der Waals surface area contributed by atoms with E-state index < -0.39 is 10.0 Å². The molecule has 160 valence electrons. The first-order valence-electron chi connectivity index (χ1n) is 9.22. The molecule has 0 aliphatic heterocycles. The standard InChI is InChI=1S/C20H24N4O5S/c1-28-18-7-3-16(4-8-18)13-24(14-17-5-9-19(29-2)10-6-17)30(26,27)20-21-15-23(22-20)11-12-25/h3-10,15,25H,11-14H2,1-2H3. The van der Waals surface area contributed by atoms with Crippen LogP contribution < -0.4 is 9.47 Å². The van der Waals surface area contributed by atoms with Crippen molar-refractivity contribution < 1.29 is 23.0 Å². The second-order valence-electron chi connectivity index (χ2n) is 6.48. The number of sulfonamides is 1. The van der Waals surface area contributed by atoms with E-state index in [0.29, 0.717) is 11.5 Å². The molecule has 0 atom stereocenters. The second-order valence-corrected chi connectivity index (χ2v) is 8.31. The van der Waals surface area contributed by atoms with Crippen molar-refractivity contribution in [2.45, 2.75) is 24.8 Å². The quantitative estimate of drug-likeness (QED) is 0.519. The molecule has 30 heavy (non-hydrogen) atoms. The SMILES string of the molecule is COc1ccc(CN(Cc2ccc(OC)cc2)S(=O)(=O)c2ncn(CCO)n2)cc1. The Morgan fingerprint density at radius 3 is 1.87 bits per heavy atom. The number of aromatic nitrogens is 3. The summed E-state index contributed by atoms with van der Waals surface area (Å²) < 4.78 is 39.5. The summed E-state index contributed by atoms with van der Waals surface area (Å²) >= 11 is 0. The van der Waals surface area contributed by atoms with Crippen LogP contribution in [0, 0.1) is 0 Å². The molecule has 3 rings (SSSR count). The van der Waals surface area contributed by atoms with E-state index in [1.165, 1.54) is 15.3 Å². The Morgan fingerprint density at radius 1 is 0.933 bits per heavy atom. The average molecular weight is 433 g/mol. The summed E-state index contributed by atoms with van der Waals surface area (Å²) in [4.78, 5) is 3.94. The van der Waals surface area contributed by atoms with Crippen molar-refractivity contribution in [3.63, 3.8) is 0 Å². The van der Waals surface area contributed by atoms with Crippen LogP contribution >= 0.6 is 0 Å². The lowest BCUT2D eigenvalue weighted by atomic mass is 10.2. The zero-order valence-corrected chi connectivity index (χ0v) is 17.6. The van der Waals surface area contributed by atoms with E-state index in [1.54, 1.807) is 38.5 Å². The van der Waals surface area contributed by atoms with Gasteiger partial charge in [0.1, 0.15) is 17.8 Å². The highest BCUT2D eigenvalue weighted by Gasteiger charge is 2.29. The van der Waals surface area contributed by atoms with Gasteiger partial charge in [0.25, 0.3) is 15.2 Å². The summed E-state index contributed by atoms with van der Waals surface area (Å²) in [5.74, 6) is 1.38. The van der Waals surface area contributed by atoms with Crippen LogP contribution in [0.25, 0.3) is 0 Å². The summed E-state index contributed by atoms with van der Waals surface area (Å²) in [6, 6.07) is 14.4. The van der Waals surface area contributed by atoms with E-state index in [0.717, 1.165) is 11.1 Å². The molecule has 1 heterocycles. The van der Waals surface area contributed by atoms with Gasteiger partial charge in [0.15, 0.2) is 0 Å². The summed E-state index contributed by atoms with van der Waals surface area (Å²) in [6.45, 7) is 0.267. The van der Waals surface area contributed by atoms with Gasteiger partial charge in [-0.25, -0.2) is 18.1 Å². The van der Waals surface area contributed by atoms with Gasteiger partial charge in [-0.3, -0.25) is 0 Å². The van der Waals surface area contributed by atoms with Crippen LogP contribution in [-0.2, 0) is 29.7 Å². The smallest absolute Gasteiger partial charge is 0.282 e. The van der Waals surface area contributed by atoms with Crippen molar-refractivity contribution in [1.82, 2.24) is 19.1 Å². The van der Waals surface area contributed by atoms with Gasteiger partial charge in [0.05, 0.1) is 27.4 Å². The lowest BCUT2D eigenvalue weighted by Gasteiger charge is -2.21. The third kappa shape index (κ3) is 5.15. The second kappa shape index (κ2) is 9.70. The van der Waals surface area contributed by atoms with Gasteiger partial charge >= 0.3 is 0 Å². The summed E-state index contributed by atoms with van der Waals surface area (Å²) in [5.41, 5.74) is 1.59. The molecule has 0 bridgehead atoms. The van der Waals surface area contributed by atoms with E-state index in [-0.39, 0.29) is 31.4 Å². The average Bonchev–Trinajstić information content (AvgIpc) is 3.24. The van der Waals surface area contributed by atoms with E-state index in [2.05, 4.69) is 10.1 Å². The fourth-order valence-corrected chi connectivity index (χ4v) is 4.07. The molecule has 0 aliphatic carbocycles. The minimum absolute atomic E-state index is 0.132. The zero-order valence-electron chi connectivity index (χ0n) is 16.8. The summed E-state index contributed by atoms with van der Waals surface area (Å²) in [7, 11) is -0.834. The van der Waals surface area contributed by atoms with Crippen LogP contribution in [0.1, 0.15) is 11.1 Å². The molecule has 0 radical (unpaired) electrons. The molecule has 0 aliphatic rings. The summed E-state index contributed by atoms with van der Waals surface area (Å²) in [5, 5.41) is 12.7. The Balaban J connectivity index is 1.91. The highest BCUT2D eigenvalue weighted by Crippen LogP contribution is 2.21. The highest BCUT2D eigenvalue weighted by molar-refractivity contribution is 7.88. The number of nitrogens with zero attached hydrogens (tertiary/aromatic N) is 4. The zero-order chi connectivity index (χ0) is 21.6. The Hall–Kier alpha value is -2.95. The topological polar surface area (TPSA) is 107 Å². The number of hydrogen-bond donors (Lipinski definition) is 1. The number of rotatable bonds is 10. The van der Waals surface area contributed by atoms with Crippen LogP contribution in [0.2, 0.25) is 0 Å². The van der Waals surface area contributed by atoms with Gasteiger partial charge in [0.2, 0.25) is 0 Å². The normalized spacial score (nSPS) is 11.6. The Labute approximate surface area is 175 Å². The molecule has 9 nitrogen and oxygen atoms in total. The number of hydrogen-bond acceptors (Lipinski definition) is 7. The molecule has 0 fully saturated rings. The molecular weight excluding hydrogens is 408 g/mol. The first kappa shape index (κ1) is 21.8. The van der Waals surface area contributed by atoms with Crippen molar-refractivity contribution >= 4 is 10.0 Å². The van der Waals surface area contributed by atoms with Gasteiger partial charge in [-0.1, -0.05) is 24.3 Å². The fraction of sp³-hybridized carbons (Fsp3) is 0.300. The first-order chi connectivity index (χ1) is 14.5. The number of methoxy groups -OCH3 is 2. The largest absolute Gasteiger partial charge is 0.497 e. The van der Waals surface area contributed by atoms with Gasteiger partial charge in [0, 0.05) is 13.1 Å². The molecule has 0 spiro atoms. The number of ether oxygens (including phenoxy) is 2. The number of aliphatic hydroxyl groups excluding tert-OH is 1. The van der Waals surface area contributed by atoms with Gasteiger partial charge < -0.3 is 14.6 Å². The van der Waals surface area contributed by atoms with Crippen LogP contribution in [-0.4, -0.2) is 53.4 Å². The third-order valence-corrected chi connectivity index (χ3v) is 6.04. The van der Waals surface area contributed by atoms with Gasteiger partial charge in [-0.05, 0) is 35.4 Å². The Kier molecular flexibility index (Phi) is 7.03. The number of aliphatic hydroxyl groups is 1. The van der Waals surface area contributed by atoms with Crippen molar-refractivity contribution in [3.8, 4) is 11.5 Å². The van der Waals surface area contributed by atoms with Gasteiger partial charge in [-0.15, -0.1) is 5.10 Å². The van der Waals surface area contributed by atoms with Crippen molar-refractivity contribution in [3.05, 3.63) is 66.0 Å². The molecular formula is C20H24N4O5S. The molecule has 0 unspecified atom stereocenters. The van der Waals surface area contributed by atoms with Crippen molar-refractivity contribution in [1.29, 1.82) is 0 Å². The maximum Gasteiger partial charge on any atom is 0.282 e. The van der Waals surface area contributed by atoms with Gasteiger partial charge in [-0.2, -0.15) is 4.31 Å². The monoisotopic (exact) mass is 432 g/mol. The van der Waals surface area contributed by atoms with Crippen molar-refractivity contribution in [2.24, 2.45) is 0 Å². The Morgan fingerprint density at radius 2 is 1.43 bits per heavy atom. The predicted octanol–water partition coefficient (Wildman–Crippen LogP) is 1.68. The lowest BCUT2D eigenvalue weighted by molar-refractivity contribution is 0.268. The minimum atomic E-state index is -3.98. The third-order valence-electron chi connectivity index (χ3n) is 4.45. The maximum absolute atomic E-state index is 13.3. The maximum atomic E-state index is 13.3. The van der Waals surface area contributed by atoms with Crippen LogP contribution in [0.5, 0.6) is 11.5 Å². The minimum Gasteiger partial charge on any atom is -0.497 e. The van der Waals surface area contributed by atoms with Crippen LogP contribution in [0.3, 0.4) is 0 Å². The lowest BCUT2D eigenvalue weighted by Crippen LogP contribution is -2.31. The van der Waals surface area contributed by atoms with E-state index in [9.17, 15) is 8.42 Å². The molecule has 0 saturated carbocycles. The molecule has 1 aromatic heterocycles. The van der Waals surface area contributed by atoms with Crippen LogP contribution in [0.15, 0.2) is 60.0 Å². The molecule has 2 aromatic carbocycles. The molecule has 10 heteroatoms. The van der Waals surface area contributed by atoms with Crippen LogP contribution in [0.4, 0.5) is 0 Å². The molecule has 1 N–H and O–H groups in total. The van der Waals surface area contributed by atoms with Crippen molar-refractivity contribution in [2.75, 3.05) is 20.8 Å². The Bertz CT molecular complexity index is 1000. The summed E-state index contributed by atoms with van der Waals surface area (Å²) in [6.07, 6.45) is 1.29. The fourth-order valence-electron chi connectivity index (χ4n) is 2.82. The van der Waals surface area contributed by atoms with E-state index in [1.807, 2.05) is 24.3 Å². The predicted molar refractivity (Wildman–Crippen MR) is 110 cm³/mol.